The zero-order valence-corrected chi connectivity index (χ0v) is 20.5. The predicted molar refractivity (Wildman–Crippen MR) is 139 cm³/mol. The van der Waals surface area contributed by atoms with Crippen LogP contribution in [0, 0.1) is 11.9 Å². The fourth-order valence-electron chi connectivity index (χ4n) is 3.80. The van der Waals surface area contributed by atoms with Gasteiger partial charge >= 0.3 is 5.97 Å². The zero-order valence-electron chi connectivity index (χ0n) is 20.5. The minimum absolute atomic E-state index is 0.0226. The molecule has 0 radical (unpaired) electrons. The zero-order chi connectivity index (χ0) is 26.5. The van der Waals surface area contributed by atoms with Crippen LogP contribution in [0.1, 0.15) is 20.3 Å². The number of fused-ring (bicyclic) bond motifs is 1. The maximum Gasteiger partial charge on any atom is 0.324 e. The molecule has 0 fully saturated rings. The lowest BCUT2D eigenvalue weighted by Gasteiger charge is -2.17. The number of amides is 1. The quantitative estimate of drug-likeness (QED) is 0.199. The van der Waals surface area contributed by atoms with Gasteiger partial charge in [-0.25, -0.2) is 9.97 Å². The molecule has 0 spiro atoms. The van der Waals surface area contributed by atoms with E-state index in [0.717, 1.165) is 12.0 Å². The summed E-state index contributed by atoms with van der Waals surface area (Å²) in [5.41, 5.74) is 9.74. The summed E-state index contributed by atoms with van der Waals surface area (Å²) in [7, 11) is 0. The average molecular weight is 503 g/mol. The largest absolute Gasteiger partial charge is 0.443 e. The molecule has 0 aliphatic heterocycles. The number of aromatic nitrogens is 4. The fourth-order valence-corrected chi connectivity index (χ4v) is 3.80. The van der Waals surface area contributed by atoms with E-state index >= 15 is 0 Å². The number of nitrogens with zero attached hydrogens (tertiary/aromatic N) is 4. The second-order valence-electron chi connectivity index (χ2n) is 8.63. The first-order chi connectivity index (χ1) is 17.8. The lowest BCUT2D eigenvalue weighted by atomic mass is 10.0. The van der Waals surface area contributed by atoms with Gasteiger partial charge in [-0.15, -0.1) is 0 Å². The Hall–Kier alpha value is -4.44. The molecule has 3 N–H and O–H groups in total. The Bertz CT molecular complexity index is 1470. The highest BCUT2D eigenvalue weighted by molar-refractivity contribution is 5.99. The third-order valence-electron chi connectivity index (χ3n) is 6.15. The number of pyridine rings is 3. The number of nitrogens with one attached hydrogen (secondary N) is 1. The van der Waals surface area contributed by atoms with Crippen LogP contribution in [0.4, 0.5) is 10.1 Å². The number of esters is 1. The summed E-state index contributed by atoms with van der Waals surface area (Å²) in [6.45, 7) is 7.19. The van der Waals surface area contributed by atoms with Gasteiger partial charge in [0, 0.05) is 52.9 Å². The molecule has 0 aromatic carbocycles. The van der Waals surface area contributed by atoms with Gasteiger partial charge in [0.15, 0.2) is 6.73 Å². The smallest absolute Gasteiger partial charge is 0.324 e. The standard InChI is InChI=1S/C27H27FN6O3/c1-4-16(3)25(29)27(36)37-15-34-14-22(17-6-7-31-23(28)10-17)21-9-19(12-32-26(21)34)18-8-20(13-30-11-18)33-24(35)5-2/h5-14,16,25H,2,4,15,29H2,1,3H3,(H,33,35). The average Bonchev–Trinajstić information content (AvgIpc) is 3.28. The molecule has 4 heterocycles. The molecule has 0 aliphatic rings. The van der Waals surface area contributed by atoms with Gasteiger partial charge in [-0.1, -0.05) is 26.8 Å². The Balaban J connectivity index is 1.74. The van der Waals surface area contributed by atoms with Crippen molar-refractivity contribution in [1.29, 1.82) is 0 Å². The van der Waals surface area contributed by atoms with Crippen LogP contribution in [0.3, 0.4) is 0 Å². The van der Waals surface area contributed by atoms with Crippen molar-refractivity contribution in [2.45, 2.75) is 33.0 Å². The minimum atomic E-state index is -0.735. The highest BCUT2D eigenvalue weighted by Gasteiger charge is 2.22. The lowest BCUT2D eigenvalue weighted by Crippen LogP contribution is -2.38. The van der Waals surface area contributed by atoms with Gasteiger partial charge < -0.3 is 15.8 Å². The third kappa shape index (κ3) is 5.70. The van der Waals surface area contributed by atoms with Crippen LogP contribution >= 0.6 is 0 Å². The second kappa shape index (κ2) is 11.1. The highest BCUT2D eigenvalue weighted by Crippen LogP contribution is 2.33. The minimum Gasteiger partial charge on any atom is -0.443 e. The number of anilines is 1. The molecule has 4 rings (SSSR count). The number of carbonyl (C=O) groups is 2. The molecule has 0 bridgehead atoms. The van der Waals surface area contributed by atoms with Crippen LogP contribution < -0.4 is 11.1 Å². The van der Waals surface area contributed by atoms with Gasteiger partial charge in [0.2, 0.25) is 11.9 Å². The lowest BCUT2D eigenvalue weighted by molar-refractivity contribution is -0.150. The molecule has 0 aliphatic carbocycles. The summed E-state index contributed by atoms with van der Waals surface area (Å²) in [5.74, 6) is -1.50. The van der Waals surface area contributed by atoms with E-state index in [-0.39, 0.29) is 18.6 Å². The van der Waals surface area contributed by atoms with Crippen molar-refractivity contribution in [2.75, 3.05) is 5.32 Å². The van der Waals surface area contributed by atoms with Crippen molar-refractivity contribution in [2.24, 2.45) is 11.7 Å². The van der Waals surface area contributed by atoms with Crippen molar-refractivity contribution < 1.29 is 18.7 Å². The summed E-state index contributed by atoms with van der Waals surface area (Å²) in [6, 6.07) is 5.92. The number of hydrogen-bond donors (Lipinski definition) is 2. The van der Waals surface area contributed by atoms with E-state index in [4.69, 9.17) is 10.5 Å². The van der Waals surface area contributed by atoms with Crippen molar-refractivity contribution in [3.63, 3.8) is 0 Å². The maximum atomic E-state index is 14.0. The molecule has 190 valence electrons. The van der Waals surface area contributed by atoms with Crippen LogP contribution in [-0.2, 0) is 21.1 Å². The number of halogens is 1. The van der Waals surface area contributed by atoms with Gasteiger partial charge in [0.05, 0.1) is 11.9 Å². The molecule has 2 unspecified atom stereocenters. The van der Waals surface area contributed by atoms with Gasteiger partial charge in [0.1, 0.15) is 11.7 Å². The van der Waals surface area contributed by atoms with Crippen LogP contribution in [0.15, 0.2) is 67.9 Å². The normalized spacial score (nSPS) is 12.6. The second-order valence-corrected chi connectivity index (χ2v) is 8.63. The Morgan fingerprint density at radius 1 is 1.19 bits per heavy atom. The Labute approximate surface area is 213 Å². The molecule has 9 nitrogen and oxygen atoms in total. The fraction of sp³-hybridized carbons (Fsp3) is 0.222. The van der Waals surface area contributed by atoms with Crippen LogP contribution in [0.5, 0.6) is 0 Å². The highest BCUT2D eigenvalue weighted by atomic mass is 19.1. The number of rotatable bonds is 9. The van der Waals surface area contributed by atoms with Crippen molar-refractivity contribution in [3.05, 3.63) is 73.9 Å². The molecule has 0 saturated carbocycles. The first kappa shape index (κ1) is 25.6. The van der Waals surface area contributed by atoms with E-state index in [2.05, 4.69) is 26.8 Å². The summed E-state index contributed by atoms with van der Waals surface area (Å²) >= 11 is 0. The molecular formula is C27H27FN6O3. The maximum absolute atomic E-state index is 14.0. The van der Waals surface area contributed by atoms with Gasteiger partial charge in [0.25, 0.3) is 0 Å². The number of carbonyl (C=O) groups excluding carboxylic acids is 2. The molecule has 1 amide bonds. The van der Waals surface area contributed by atoms with E-state index in [0.29, 0.717) is 33.4 Å². The summed E-state index contributed by atoms with van der Waals surface area (Å²) in [4.78, 5) is 36.6. The van der Waals surface area contributed by atoms with E-state index < -0.39 is 18.0 Å². The Morgan fingerprint density at radius 2 is 1.97 bits per heavy atom. The van der Waals surface area contributed by atoms with Gasteiger partial charge in [-0.3, -0.25) is 19.1 Å². The number of hydrogen-bond acceptors (Lipinski definition) is 7. The summed E-state index contributed by atoms with van der Waals surface area (Å²) < 4.78 is 21.1. The van der Waals surface area contributed by atoms with Gasteiger partial charge in [-0.05, 0) is 35.8 Å². The summed E-state index contributed by atoms with van der Waals surface area (Å²) in [5, 5.41) is 3.38. The molecule has 4 aromatic heterocycles. The Morgan fingerprint density at radius 3 is 2.70 bits per heavy atom. The number of nitrogens with two attached hydrogens (primary N) is 1. The van der Waals surface area contributed by atoms with E-state index in [1.807, 2.05) is 19.9 Å². The molecule has 10 heteroatoms. The van der Waals surface area contributed by atoms with Crippen LogP contribution in [0.25, 0.3) is 33.3 Å². The topological polar surface area (TPSA) is 125 Å². The van der Waals surface area contributed by atoms with E-state index in [1.54, 1.807) is 35.3 Å². The molecule has 37 heavy (non-hydrogen) atoms. The number of ether oxygens (including phenoxy) is 1. The summed E-state index contributed by atoms with van der Waals surface area (Å²) in [6.07, 6.45) is 9.87. The van der Waals surface area contributed by atoms with E-state index in [9.17, 15) is 14.0 Å². The van der Waals surface area contributed by atoms with Gasteiger partial charge in [-0.2, -0.15) is 4.39 Å². The van der Waals surface area contributed by atoms with Crippen molar-refractivity contribution in [1.82, 2.24) is 19.5 Å². The van der Waals surface area contributed by atoms with Crippen LogP contribution in [-0.4, -0.2) is 37.4 Å². The molecular weight excluding hydrogens is 475 g/mol. The Kier molecular flexibility index (Phi) is 7.69. The first-order valence-electron chi connectivity index (χ1n) is 11.7. The molecule has 0 saturated heterocycles. The van der Waals surface area contributed by atoms with Crippen molar-refractivity contribution in [3.8, 4) is 22.3 Å². The third-order valence-corrected chi connectivity index (χ3v) is 6.15. The molecule has 4 aromatic rings. The first-order valence-corrected chi connectivity index (χ1v) is 11.7. The van der Waals surface area contributed by atoms with Crippen molar-refractivity contribution >= 4 is 28.6 Å². The van der Waals surface area contributed by atoms with Crippen LogP contribution in [0.2, 0.25) is 0 Å². The van der Waals surface area contributed by atoms with E-state index in [1.165, 1.54) is 24.5 Å². The SMILES string of the molecule is C=CC(=O)Nc1cncc(-c2cnc3c(c2)c(-c2ccnc(F)c2)cn3COC(=O)C(N)C(C)CC)c1. The predicted octanol–water partition coefficient (Wildman–Crippen LogP) is 4.30. The monoisotopic (exact) mass is 502 g/mol. The molecule has 2 atom stereocenters.